The average molecular weight is 719 g/mol. The molecule has 6 atom stereocenters. The second-order valence-electron chi connectivity index (χ2n) is 14.5. The number of esters is 1. The zero-order valence-corrected chi connectivity index (χ0v) is 31.2. The van der Waals surface area contributed by atoms with Gasteiger partial charge in [-0.2, -0.15) is 0 Å². The normalized spacial score (nSPS) is 17.4. The van der Waals surface area contributed by atoms with Crippen LogP contribution >= 0.6 is 0 Å². The lowest BCUT2D eigenvalue weighted by Crippen LogP contribution is -2.60. The van der Waals surface area contributed by atoms with Gasteiger partial charge in [0.1, 0.15) is 41.6 Å². The first-order valence-corrected chi connectivity index (χ1v) is 17.7. The molecule has 1 aromatic carbocycles. The molecular weight excluding hydrogens is 660 g/mol. The fraction of sp³-hybridized carbons (Fsp3) is 0.667. The van der Waals surface area contributed by atoms with Crippen LogP contribution in [0.2, 0.25) is 0 Å². The largest absolute Gasteiger partial charge is 0.508 e. The molecule has 1 aliphatic heterocycles. The van der Waals surface area contributed by atoms with E-state index in [9.17, 15) is 33.9 Å². The van der Waals surface area contributed by atoms with Crippen molar-refractivity contribution in [2.24, 2.45) is 17.6 Å². The number of carbonyl (C=O) groups excluding carboxylic acids is 6. The lowest BCUT2D eigenvalue weighted by Gasteiger charge is -2.31. The van der Waals surface area contributed by atoms with Crippen LogP contribution in [-0.2, 0) is 39.9 Å². The second kappa shape index (κ2) is 19.8. The van der Waals surface area contributed by atoms with Gasteiger partial charge in [0.15, 0.2) is 0 Å². The summed E-state index contributed by atoms with van der Waals surface area (Å²) in [5.74, 6) is -3.18. The van der Waals surface area contributed by atoms with Crippen molar-refractivity contribution in [3.8, 4) is 5.75 Å². The number of carbonyl (C=O) groups is 6. The Bertz CT molecular complexity index is 1350. The lowest BCUT2D eigenvalue weighted by molar-refractivity contribution is -0.146. The number of rotatable bonds is 17. The van der Waals surface area contributed by atoms with Gasteiger partial charge in [-0.05, 0) is 82.5 Å². The SMILES string of the molecule is CCC(C)C(NC(=O)C(Cc1ccc(O)cc1)NC(=O)C1CCCN1C(=O)C(CCN)NC(=O)OC(C)(C)C)C(=O)NC(CC(C)C)C(=O)OC. The van der Waals surface area contributed by atoms with E-state index in [1.165, 1.54) is 24.1 Å². The summed E-state index contributed by atoms with van der Waals surface area (Å²) in [5.41, 5.74) is 5.57. The highest BCUT2D eigenvalue weighted by Gasteiger charge is 2.40. The number of amides is 5. The van der Waals surface area contributed by atoms with Crippen LogP contribution in [0.5, 0.6) is 5.75 Å². The van der Waals surface area contributed by atoms with E-state index in [0.717, 1.165) is 0 Å². The Morgan fingerprint density at radius 3 is 2.14 bits per heavy atom. The number of hydrogen-bond acceptors (Lipinski definition) is 10. The standard InChI is InChI=1S/C36H58N6O9/c1-9-22(4)29(32(46)39-27(19-21(2)3)34(48)50-8)41-30(44)26(20-23-12-14-24(43)15-13-23)38-31(45)28-11-10-18-42(28)33(47)25(16-17-37)40-35(49)51-36(5,6)7/h12-15,21-22,25-29,43H,9-11,16-20,37H2,1-8H3,(H,38,45)(H,39,46)(H,40,49)(H,41,44). The molecule has 6 unspecified atom stereocenters. The van der Waals surface area contributed by atoms with E-state index >= 15 is 0 Å². The van der Waals surface area contributed by atoms with Crippen LogP contribution < -0.4 is 27.0 Å². The van der Waals surface area contributed by atoms with Crippen molar-refractivity contribution in [2.45, 2.75) is 123 Å². The maximum atomic E-state index is 14.0. The topological polar surface area (TPSA) is 218 Å². The molecule has 286 valence electrons. The molecule has 0 bridgehead atoms. The molecule has 1 aromatic rings. The Morgan fingerprint density at radius 1 is 0.941 bits per heavy atom. The predicted octanol–water partition coefficient (Wildman–Crippen LogP) is 1.89. The quantitative estimate of drug-likeness (QED) is 0.129. The minimum absolute atomic E-state index is 0.00149. The Morgan fingerprint density at radius 2 is 1.59 bits per heavy atom. The third-order valence-corrected chi connectivity index (χ3v) is 8.59. The van der Waals surface area contributed by atoms with E-state index in [0.29, 0.717) is 31.2 Å². The number of phenols is 1. The summed E-state index contributed by atoms with van der Waals surface area (Å²) in [6.07, 6.45) is 0.991. The first-order valence-electron chi connectivity index (χ1n) is 17.7. The van der Waals surface area contributed by atoms with Crippen LogP contribution in [0.3, 0.4) is 0 Å². The number of phenolic OH excluding ortho intramolecular Hbond substituents is 1. The summed E-state index contributed by atoms with van der Waals surface area (Å²) >= 11 is 0. The first-order chi connectivity index (χ1) is 23.9. The Labute approximate surface area is 301 Å². The Kier molecular flexibility index (Phi) is 16.6. The third-order valence-electron chi connectivity index (χ3n) is 8.59. The fourth-order valence-corrected chi connectivity index (χ4v) is 5.77. The summed E-state index contributed by atoms with van der Waals surface area (Å²) in [6.45, 7) is 12.9. The van der Waals surface area contributed by atoms with Gasteiger partial charge < -0.3 is 46.5 Å². The van der Waals surface area contributed by atoms with E-state index < -0.39 is 71.5 Å². The average Bonchev–Trinajstić information content (AvgIpc) is 3.55. The molecule has 0 saturated carbocycles. The van der Waals surface area contributed by atoms with Gasteiger partial charge in [0.05, 0.1) is 7.11 Å². The molecular formula is C36H58N6O9. The Hall–Kier alpha value is -4.40. The monoisotopic (exact) mass is 718 g/mol. The van der Waals surface area contributed by atoms with E-state index in [4.69, 9.17) is 15.2 Å². The molecule has 1 fully saturated rings. The molecule has 0 aliphatic carbocycles. The molecule has 1 saturated heterocycles. The van der Waals surface area contributed by atoms with Crippen molar-refractivity contribution in [1.82, 2.24) is 26.2 Å². The van der Waals surface area contributed by atoms with E-state index in [1.54, 1.807) is 39.8 Å². The number of benzene rings is 1. The summed E-state index contributed by atoms with van der Waals surface area (Å²) in [7, 11) is 1.24. The van der Waals surface area contributed by atoms with Gasteiger partial charge in [0.25, 0.3) is 0 Å². The second-order valence-corrected chi connectivity index (χ2v) is 14.5. The predicted molar refractivity (Wildman–Crippen MR) is 190 cm³/mol. The van der Waals surface area contributed by atoms with Crippen molar-refractivity contribution in [3.63, 3.8) is 0 Å². The van der Waals surface area contributed by atoms with Crippen LogP contribution in [0.25, 0.3) is 0 Å². The molecule has 51 heavy (non-hydrogen) atoms. The molecule has 1 heterocycles. The zero-order valence-electron chi connectivity index (χ0n) is 31.2. The number of nitrogens with one attached hydrogen (secondary N) is 4. The molecule has 0 aromatic heterocycles. The summed E-state index contributed by atoms with van der Waals surface area (Å²) in [6, 6.07) is 0.986. The number of aromatic hydroxyl groups is 1. The molecule has 15 heteroatoms. The van der Waals surface area contributed by atoms with Crippen LogP contribution in [0.1, 0.15) is 86.1 Å². The highest BCUT2D eigenvalue weighted by atomic mass is 16.6. The highest BCUT2D eigenvalue weighted by Crippen LogP contribution is 2.21. The van der Waals surface area contributed by atoms with Crippen molar-refractivity contribution in [1.29, 1.82) is 0 Å². The van der Waals surface area contributed by atoms with Gasteiger partial charge in [0, 0.05) is 13.0 Å². The van der Waals surface area contributed by atoms with Crippen molar-refractivity contribution < 1.29 is 43.3 Å². The molecule has 2 rings (SSSR count). The maximum Gasteiger partial charge on any atom is 0.408 e. The molecule has 1 aliphatic rings. The zero-order chi connectivity index (χ0) is 38.5. The van der Waals surface area contributed by atoms with E-state index in [-0.39, 0.29) is 43.5 Å². The number of nitrogens with zero attached hydrogens (tertiary/aromatic N) is 1. The molecule has 15 nitrogen and oxygen atoms in total. The van der Waals surface area contributed by atoms with Crippen molar-refractivity contribution >= 4 is 35.7 Å². The minimum Gasteiger partial charge on any atom is -0.508 e. The fourth-order valence-electron chi connectivity index (χ4n) is 5.77. The first kappa shape index (κ1) is 42.8. The van der Waals surface area contributed by atoms with E-state index in [1.807, 2.05) is 20.8 Å². The van der Waals surface area contributed by atoms with Gasteiger partial charge in [-0.1, -0.05) is 46.2 Å². The van der Waals surface area contributed by atoms with Crippen LogP contribution in [-0.4, -0.2) is 102 Å². The van der Waals surface area contributed by atoms with Crippen LogP contribution in [0.4, 0.5) is 4.79 Å². The van der Waals surface area contributed by atoms with Gasteiger partial charge >= 0.3 is 12.1 Å². The number of methoxy groups -OCH3 is 1. The third kappa shape index (κ3) is 13.7. The molecule has 0 radical (unpaired) electrons. The molecule has 5 amide bonds. The van der Waals surface area contributed by atoms with E-state index in [2.05, 4.69) is 21.3 Å². The van der Waals surface area contributed by atoms with Crippen LogP contribution in [0, 0.1) is 11.8 Å². The molecule has 7 N–H and O–H groups in total. The van der Waals surface area contributed by atoms with Gasteiger partial charge in [-0.3, -0.25) is 19.2 Å². The van der Waals surface area contributed by atoms with Crippen molar-refractivity contribution in [3.05, 3.63) is 29.8 Å². The number of likely N-dealkylation sites (tertiary alicyclic amines) is 1. The summed E-state index contributed by atoms with van der Waals surface area (Å²) in [4.78, 5) is 81.5. The van der Waals surface area contributed by atoms with Crippen LogP contribution in [0.15, 0.2) is 24.3 Å². The maximum absolute atomic E-state index is 14.0. The summed E-state index contributed by atoms with van der Waals surface area (Å²) in [5, 5.41) is 20.7. The smallest absolute Gasteiger partial charge is 0.408 e. The lowest BCUT2D eigenvalue weighted by atomic mass is 9.96. The number of alkyl carbamates (subject to hydrolysis) is 1. The minimum atomic E-state index is -1.19. The Balaban J connectivity index is 2.35. The van der Waals surface area contributed by atoms with Gasteiger partial charge in [-0.25, -0.2) is 9.59 Å². The highest BCUT2D eigenvalue weighted by molar-refractivity contribution is 5.96. The summed E-state index contributed by atoms with van der Waals surface area (Å²) < 4.78 is 10.2. The van der Waals surface area contributed by atoms with Gasteiger partial charge in [0.2, 0.25) is 23.6 Å². The number of hydrogen-bond donors (Lipinski definition) is 6. The van der Waals surface area contributed by atoms with Crippen molar-refractivity contribution in [2.75, 3.05) is 20.2 Å². The van der Waals surface area contributed by atoms with Gasteiger partial charge in [-0.15, -0.1) is 0 Å². The molecule has 0 spiro atoms. The number of ether oxygens (including phenoxy) is 2. The number of nitrogens with two attached hydrogens (primary N) is 1.